The van der Waals surface area contributed by atoms with Crippen molar-refractivity contribution in [1.29, 1.82) is 0 Å². The molecule has 0 spiro atoms. The molecular formula is C15H27GeO3P. The van der Waals surface area contributed by atoms with E-state index in [2.05, 4.69) is 20.8 Å². The molecule has 2 unspecified atom stereocenters. The number of aliphatic hydroxyl groups excluding tert-OH is 1. The molecule has 2 N–H and O–H groups in total. The Hall–Kier alpha value is -0.0871. The molecule has 0 aliphatic carbocycles. The van der Waals surface area contributed by atoms with Crippen LogP contribution in [-0.2, 0) is 4.57 Å². The van der Waals surface area contributed by atoms with Crippen LogP contribution in [0.1, 0.15) is 32.2 Å². The Balaban J connectivity index is 2.77. The molecule has 0 fully saturated rings. The summed E-state index contributed by atoms with van der Waals surface area (Å²) in [7, 11) is -3.54. The predicted octanol–water partition coefficient (Wildman–Crippen LogP) is 4.46. The van der Waals surface area contributed by atoms with Gasteiger partial charge in [0.15, 0.2) is 0 Å². The van der Waals surface area contributed by atoms with Crippen LogP contribution in [0.5, 0.6) is 0 Å². The first kappa shape index (κ1) is 18.0. The summed E-state index contributed by atoms with van der Waals surface area (Å²) < 4.78 is 12.4. The molecular weight excluding hydrogens is 332 g/mol. The zero-order valence-electron chi connectivity index (χ0n) is 12.7. The van der Waals surface area contributed by atoms with Crippen molar-refractivity contribution in [2.75, 3.05) is 6.16 Å². The average molecular weight is 359 g/mol. The van der Waals surface area contributed by atoms with Gasteiger partial charge in [0, 0.05) is 0 Å². The normalized spacial score (nSPS) is 16.6. The Bertz CT molecular complexity index is 437. The van der Waals surface area contributed by atoms with Gasteiger partial charge < -0.3 is 0 Å². The first-order chi connectivity index (χ1) is 9.40. The van der Waals surface area contributed by atoms with E-state index in [1.165, 1.54) is 15.8 Å². The molecule has 0 amide bonds. The van der Waals surface area contributed by atoms with Crippen molar-refractivity contribution >= 4 is 20.6 Å². The summed E-state index contributed by atoms with van der Waals surface area (Å²) in [5, 5.41) is 14.6. The van der Waals surface area contributed by atoms with E-state index in [9.17, 15) is 14.6 Å². The van der Waals surface area contributed by atoms with Gasteiger partial charge in [0.1, 0.15) is 0 Å². The summed E-state index contributed by atoms with van der Waals surface area (Å²) in [4.78, 5) is 10.2. The monoisotopic (exact) mass is 360 g/mol. The fourth-order valence-electron chi connectivity index (χ4n) is 2.66. The summed E-state index contributed by atoms with van der Waals surface area (Å²) in [6.07, 6.45) is 0.262. The molecule has 20 heavy (non-hydrogen) atoms. The van der Waals surface area contributed by atoms with Crippen LogP contribution in [0.2, 0.25) is 21.0 Å². The van der Waals surface area contributed by atoms with Crippen LogP contribution in [0.25, 0.3) is 0 Å². The van der Waals surface area contributed by atoms with Gasteiger partial charge in [-0.3, -0.25) is 0 Å². The van der Waals surface area contributed by atoms with Gasteiger partial charge in [-0.1, -0.05) is 0 Å². The first-order valence-electron chi connectivity index (χ1n) is 7.45. The van der Waals surface area contributed by atoms with Gasteiger partial charge in [0.2, 0.25) is 0 Å². The van der Waals surface area contributed by atoms with Gasteiger partial charge >= 0.3 is 125 Å². The molecule has 2 atom stereocenters. The van der Waals surface area contributed by atoms with Crippen LogP contribution in [0.4, 0.5) is 0 Å². The Labute approximate surface area is 125 Å². The molecule has 0 saturated heterocycles. The minimum absolute atomic E-state index is 0.262. The van der Waals surface area contributed by atoms with Gasteiger partial charge in [0.05, 0.1) is 0 Å². The van der Waals surface area contributed by atoms with Crippen molar-refractivity contribution in [3.05, 3.63) is 35.9 Å². The fourth-order valence-corrected chi connectivity index (χ4v) is 14.7. The molecule has 1 rings (SSSR count). The summed E-state index contributed by atoms with van der Waals surface area (Å²) >= 11 is -1.96. The molecule has 0 aromatic heterocycles. The van der Waals surface area contributed by atoms with Crippen LogP contribution >= 0.6 is 7.37 Å². The fraction of sp³-hybridized carbons (Fsp3) is 0.600. The third kappa shape index (κ3) is 4.46. The van der Waals surface area contributed by atoms with Gasteiger partial charge in [0.25, 0.3) is 0 Å². The molecule has 1 aromatic rings. The van der Waals surface area contributed by atoms with Gasteiger partial charge in [-0.05, 0) is 0 Å². The number of hydrogen-bond acceptors (Lipinski definition) is 2. The Morgan fingerprint density at radius 3 is 2.05 bits per heavy atom. The van der Waals surface area contributed by atoms with Crippen molar-refractivity contribution in [2.24, 2.45) is 0 Å². The second-order valence-electron chi connectivity index (χ2n) is 5.57. The summed E-state index contributed by atoms with van der Waals surface area (Å²) in [6.45, 7) is 6.63. The number of benzene rings is 1. The summed E-state index contributed by atoms with van der Waals surface area (Å²) in [5.74, 6) is -1.24. The molecule has 0 heterocycles. The van der Waals surface area contributed by atoms with E-state index in [1.54, 1.807) is 24.3 Å². The maximum atomic E-state index is 12.4. The van der Waals surface area contributed by atoms with Gasteiger partial charge in [-0.25, -0.2) is 0 Å². The van der Waals surface area contributed by atoms with Crippen molar-refractivity contribution in [2.45, 2.75) is 47.6 Å². The van der Waals surface area contributed by atoms with Crippen LogP contribution in [0.15, 0.2) is 30.3 Å². The SMILES string of the molecule is C[CH2][Ge]([CH2]C)([CH2]C)[CH2]CP(=O)(O)C(O)c1ccccc1. The van der Waals surface area contributed by atoms with Gasteiger partial charge in [-0.15, -0.1) is 0 Å². The molecule has 1 aromatic carbocycles. The van der Waals surface area contributed by atoms with E-state index >= 15 is 0 Å². The molecule has 0 aliphatic rings. The van der Waals surface area contributed by atoms with E-state index in [4.69, 9.17) is 0 Å². The molecule has 3 nitrogen and oxygen atoms in total. The summed E-state index contributed by atoms with van der Waals surface area (Å²) in [6, 6.07) is 8.82. The Kier molecular flexibility index (Phi) is 7.00. The molecule has 0 saturated carbocycles. The van der Waals surface area contributed by atoms with Crippen LogP contribution in [-0.4, -0.2) is 29.4 Å². The van der Waals surface area contributed by atoms with E-state index in [1.807, 2.05) is 6.07 Å². The standard InChI is InChI=1S/C15H27GeO3P/c1-4-16(5-2,6-3)12-13-20(18,19)15(17)14-10-8-7-9-11-14/h7-11,15,17H,4-6,12-13H2,1-3H3,(H,18,19). The Morgan fingerprint density at radius 2 is 1.60 bits per heavy atom. The second-order valence-corrected chi connectivity index (χ2v) is 19.8. The Morgan fingerprint density at radius 1 is 1.10 bits per heavy atom. The van der Waals surface area contributed by atoms with Crippen molar-refractivity contribution in [3.8, 4) is 0 Å². The molecule has 0 radical (unpaired) electrons. The third-order valence-electron chi connectivity index (χ3n) is 4.69. The van der Waals surface area contributed by atoms with Gasteiger partial charge in [-0.2, -0.15) is 0 Å². The van der Waals surface area contributed by atoms with Crippen LogP contribution in [0.3, 0.4) is 0 Å². The molecule has 0 bridgehead atoms. The zero-order valence-corrected chi connectivity index (χ0v) is 15.7. The van der Waals surface area contributed by atoms with Crippen molar-refractivity contribution in [1.82, 2.24) is 0 Å². The van der Waals surface area contributed by atoms with Crippen molar-refractivity contribution < 1.29 is 14.6 Å². The quantitative estimate of drug-likeness (QED) is 0.533. The third-order valence-corrected chi connectivity index (χ3v) is 19.7. The van der Waals surface area contributed by atoms with Crippen LogP contribution < -0.4 is 0 Å². The van der Waals surface area contributed by atoms with Crippen molar-refractivity contribution in [3.63, 3.8) is 0 Å². The van der Waals surface area contributed by atoms with E-state index < -0.39 is 26.5 Å². The predicted molar refractivity (Wildman–Crippen MR) is 88.1 cm³/mol. The number of rotatable bonds is 8. The second kappa shape index (κ2) is 7.79. The van der Waals surface area contributed by atoms with E-state index in [0.29, 0.717) is 5.56 Å². The van der Waals surface area contributed by atoms with E-state index in [-0.39, 0.29) is 6.16 Å². The summed E-state index contributed by atoms with van der Waals surface area (Å²) in [5.41, 5.74) is 0.543. The topological polar surface area (TPSA) is 57.5 Å². The van der Waals surface area contributed by atoms with Crippen LogP contribution in [0, 0.1) is 0 Å². The minimum atomic E-state index is -3.54. The van der Waals surface area contributed by atoms with E-state index in [0.717, 1.165) is 5.25 Å². The molecule has 5 heteroatoms. The number of aliphatic hydroxyl groups is 1. The number of hydrogen-bond donors (Lipinski definition) is 2. The molecule has 114 valence electrons. The first-order valence-corrected chi connectivity index (χ1v) is 15.3. The maximum absolute atomic E-state index is 12.4. The average Bonchev–Trinajstić information content (AvgIpc) is 2.49. The zero-order chi connectivity index (χ0) is 15.2. The molecule has 0 aliphatic heterocycles.